The average Bonchev–Trinajstić information content (AvgIpc) is 2.67. The molecule has 2 rings (SSSR count). The first-order chi connectivity index (χ1) is 13.2. The maximum atomic E-state index is 11.3. The van der Waals surface area contributed by atoms with Crippen LogP contribution >= 0.6 is 0 Å². The van der Waals surface area contributed by atoms with E-state index in [1.54, 1.807) is 0 Å². The van der Waals surface area contributed by atoms with Crippen LogP contribution in [0.5, 0.6) is 0 Å². The Morgan fingerprint density at radius 1 is 0.786 bits per heavy atom. The molecule has 0 spiro atoms. The zero-order chi connectivity index (χ0) is 20.8. The maximum Gasteiger partial charge on any atom is 0.145 e. The highest BCUT2D eigenvalue weighted by atomic mass is 16.1. The molecule has 0 saturated carbocycles. The van der Waals surface area contributed by atoms with E-state index in [1.807, 2.05) is 6.92 Å². The van der Waals surface area contributed by atoms with Crippen molar-refractivity contribution in [2.75, 3.05) is 38.0 Å². The molecule has 0 fully saturated rings. The molecular formula is C25H34N2O. The van der Waals surface area contributed by atoms with E-state index < -0.39 is 0 Å². The van der Waals surface area contributed by atoms with Crippen molar-refractivity contribution < 1.29 is 4.79 Å². The van der Waals surface area contributed by atoms with E-state index >= 15 is 0 Å². The maximum absolute atomic E-state index is 11.3. The van der Waals surface area contributed by atoms with Crippen molar-refractivity contribution >= 4 is 17.7 Å². The number of benzene rings is 2. The Bertz CT molecular complexity index is 735. The Morgan fingerprint density at radius 2 is 1.18 bits per heavy atom. The van der Waals surface area contributed by atoms with Crippen molar-refractivity contribution in [1.82, 2.24) is 0 Å². The van der Waals surface area contributed by atoms with Gasteiger partial charge in [0.25, 0.3) is 0 Å². The minimum Gasteiger partial charge on any atom is -0.378 e. The largest absolute Gasteiger partial charge is 0.378 e. The molecule has 0 aromatic heterocycles. The molecule has 3 heteroatoms. The fourth-order valence-electron chi connectivity index (χ4n) is 3.61. The summed E-state index contributed by atoms with van der Waals surface area (Å²) in [6.07, 6.45) is 3.10. The third-order valence-corrected chi connectivity index (χ3v) is 5.33. The van der Waals surface area contributed by atoms with Crippen molar-refractivity contribution in [1.29, 1.82) is 0 Å². The SMILES string of the molecule is C/C(C=O)=C/[C@@H](C(C)C)C(c1ccc(N(C)C)cc1)c1ccc(N(C)C)cc1. The van der Waals surface area contributed by atoms with E-state index in [-0.39, 0.29) is 11.8 Å². The number of carbonyl (C=O) groups is 1. The molecule has 0 aliphatic carbocycles. The molecule has 0 bridgehead atoms. The third-order valence-electron chi connectivity index (χ3n) is 5.33. The highest BCUT2D eigenvalue weighted by Gasteiger charge is 2.26. The highest BCUT2D eigenvalue weighted by Crippen LogP contribution is 2.38. The molecule has 1 atom stereocenters. The summed E-state index contributed by atoms with van der Waals surface area (Å²) in [6.45, 7) is 6.35. The average molecular weight is 379 g/mol. The summed E-state index contributed by atoms with van der Waals surface area (Å²) in [7, 11) is 8.22. The van der Waals surface area contributed by atoms with Gasteiger partial charge in [0.15, 0.2) is 0 Å². The summed E-state index contributed by atoms with van der Waals surface area (Å²) in [5.41, 5.74) is 5.71. The lowest BCUT2D eigenvalue weighted by Gasteiger charge is -2.30. The molecule has 0 heterocycles. The van der Waals surface area contributed by atoms with E-state index in [9.17, 15) is 4.79 Å². The summed E-state index contributed by atoms with van der Waals surface area (Å²) < 4.78 is 0. The first-order valence-electron chi connectivity index (χ1n) is 9.92. The second-order valence-electron chi connectivity index (χ2n) is 8.30. The molecular weight excluding hydrogens is 344 g/mol. The topological polar surface area (TPSA) is 23.6 Å². The molecule has 0 aliphatic rings. The van der Waals surface area contributed by atoms with Gasteiger partial charge in [0.2, 0.25) is 0 Å². The standard InChI is InChI=1S/C25H34N2O/c1-18(2)24(16-19(3)17-28)25(20-8-12-22(13-9-20)26(4)5)21-10-14-23(15-11-21)27(6)7/h8-18,24-25H,1-7H3/b19-16-/t24-/m0/s1. The molecule has 0 radical (unpaired) electrons. The number of nitrogens with zero attached hydrogens (tertiary/aromatic N) is 2. The van der Waals surface area contributed by atoms with Crippen LogP contribution in [0.25, 0.3) is 0 Å². The molecule has 2 aromatic carbocycles. The number of aldehydes is 1. The van der Waals surface area contributed by atoms with Gasteiger partial charge in [-0.2, -0.15) is 0 Å². The zero-order valence-corrected chi connectivity index (χ0v) is 18.3. The number of carbonyl (C=O) groups excluding carboxylic acids is 1. The fourth-order valence-corrected chi connectivity index (χ4v) is 3.61. The van der Waals surface area contributed by atoms with E-state index in [2.05, 4.69) is 106 Å². The van der Waals surface area contributed by atoms with Crippen molar-refractivity contribution in [2.24, 2.45) is 11.8 Å². The first-order valence-corrected chi connectivity index (χ1v) is 9.92. The van der Waals surface area contributed by atoms with E-state index in [4.69, 9.17) is 0 Å². The predicted molar refractivity (Wildman–Crippen MR) is 122 cm³/mol. The Labute approximate surface area is 170 Å². The van der Waals surface area contributed by atoms with Crippen LogP contribution in [0.4, 0.5) is 11.4 Å². The van der Waals surface area contributed by atoms with Gasteiger partial charge in [0.1, 0.15) is 6.29 Å². The summed E-state index contributed by atoms with van der Waals surface area (Å²) in [6, 6.07) is 17.6. The zero-order valence-electron chi connectivity index (χ0n) is 18.3. The third kappa shape index (κ3) is 5.25. The predicted octanol–water partition coefficient (Wildman–Crippen LogP) is 5.37. The Hall–Kier alpha value is -2.55. The van der Waals surface area contributed by atoms with Gasteiger partial charge in [0, 0.05) is 45.5 Å². The number of anilines is 2. The van der Waals surface area contributed by atoms with Crippen LogP contribution in [0.3, 0.4) is 0 Å². The van der Waals surface area contributed by atoms with Crippen molar-refractivity contribution in [3.8, 4) is 0 Å². The quantitative estimate of drug-likeness (QED) is 0.456. The minimum absolute atomic E-state index is 0.197. The molecule has 0 unspecified atom stereocenters. The highest BCUT2D eigenvalue weighted by molar-refractivity contribution is 5.72. The van der Waals surface area contributed by atoms with Crippen LogP contribution in [-0.4, -0.2) is 34.5 Å². The van der Waals surface area contributed by atoms with Crippen molar-refractivity contribution in [3.05, 3.63) is 71.3 Å². The van der Waals surface area contributed by atoms with Crippen LogP contribution in [0.1, 0.15) is 37.8 Å². The van der Waals surface area contributed by atoms with Crippen molar-refractivity contribution in [3.63, 3.8) is 0 Å². The van der Waals surface area contributed by atoms with Crippen LogP contribution < -0.4 is 9.80 Å². The lowest BCUT2D eigenvalue weighted by molar-refractivity contribution is -0.104. The molecule has 0 aliphatic heterocycles. The molecule has 3 nitrogen and oxygen atoms in total. The molecule has 0 amide bonds. The fraction of sp³-hybridized carbons (Fsp3) is 0.400. The number of rotatable bonds is 8. The summed E-state index contributed by atoms with van der Waals surface area (Å²) in [5.74, 6) is 0.838. The molecule has 150 valence electrons. The number of allylic oxidation sites excluding steroid dienone is 2. The molecule has 0 saturated heterocycles. The van der Waals surface area contributed by atoms with Gasteiger partial charge in [-0.05, 0) is 59.7 Å². The van der Waals surface area contributed by atoms with Gasteiger partial charge in [0.05, 0.1) is 0 Å². The van der Waals surface area contributed by atoms with Crippen LogP contribution in [0.2, 0.25) is 0 Å². The van der Waals surface area contributed by atoms with Gasteiger partial charge in [-0.25, -0.2) is 0 Å². The van der Waals surface area contributed by atoms with Crippen LogP contribution in [-0.2, 0) is 4.79 Å². The molecule has 2 aromatic rings. The molecule has 28 heavy (non-hydrogen) atoms. The monoisotopic (exact) mass is 378 g/mol. The number of hydrogen-bond acceptors (Lipinski definition) is 3. The van der Waals surface area contributed by atoms with Crippen molar-refractivity contribution in [2.45, 2.75) is 26.7 Å². The van der Waals surface area contributed by atoms with Crippen LogP contribution in [0, 0.1) is 11.8 Å². The second-order valence-corrected chi connectivity index (χ2v) is 8.30. The first kappa shape index (κ1) is 21.7. The van der Waals surface area contributed by atoms with Gasteiger partial charge in [-0.1, -0.05) is 44.2 Å². The van der Waals surface area contributed by atoms with E-state index in [1.165, 1.54) is 22.5 Å². The second kappa shape index (κ2) is 9.59. The molecule has 0 N–H and O–H groups in total. The number of hydrogen-bond donors (Lipinski definition) is 0. The smallest absolute Gasteiger partial charge is 0.145 e. The van der Waals surface area contributed by atoms with E-state index in [0.717, 1.165) is 11.9 Å². The van der Waals surface area contributed by atoms with Crippen LogP contribution in [0.15, 0.2) is 60.2 Å². The lowest BCUT2D eigenvalue weighted by Crippen LogP contribution is -2.19. The summed E-state index contributed by atoms with van der Waals surface area (Å²) in [4.78, 5) is 15.5. The summed E-state index contributed by atoms with van der Waals surface area (Å²) in [5, 5.41) is 0. The van der Waals surface area contributed by atoms with Gasteiger partial charge < -0.3 is 9.80 Å². The normalized spacial score (nSPS) is 13.0. The Balaban J connectivity index is 2.57. The van der Waals surface area contributed by atoms with Gasteiger partial charge >= 0.3 is 0 Å². The Kier molecular flexibility index (Phi) is 7.45. The summed E-state index contributed by atoms with van der Waals surface area (Å²) >= 11 is 0. The van der Waals surface area contributed by atoms with E-state index in [0.29, 0.717) is 5.92 Å². The van der Waals surface area contributed by atoms with Gasteiger partial charge in [-0.15, -0.1) is 0 Å². The van der Waals surface area contributed by atoms with Gasteiger partial charge in [-0.3, -0.25) is 4.79 Å². The minimum atomic E-state index is 0.197. The lowest BCUT2D eigenvalue weighted by atomic mass is 9.74. The Morgan fingerprint density at radius 3 is 1.46 bits per heavy atom.